The number of nitrogens with zero attached hydrogens (tertiary/aromatic N) is 1. The number of hydrogen-bond acceptors (Lipinski definition) is 2. The SMILES string of the molecule is CNc1cc(C(C)C)nc2c(I)cccc12. The van der Waals surface area contributed by atoms with E-state index in [4.69, 9.17) is 4.98 Å². The van der Waals surface area contributed by atoms with Crippen molar-refractivity contribution < 1.29 is 0 Å². The number of hydrogen-bond donors (Lipinski definition) is 1. The van der Waals surface area contributed by atoms with Crippen molar-refractivity contribution in [2.75, 3.05) is 12.4 Å². The highest BCUT2D eigenvalue weighted by Crippen LogP contribution is 2.28. The third-order valence-corrected chi connectivity index (χ3v) is 3.54. The lowest BCUT2D eigenvalue weighted by Crippen LogP contribution is -1.99. The number of benzene rings is 1. The van der Waals surface area contributed by atoms with E-state index in [2.05, 4.69) is 66.0 Å². The van der Waals surface area contributed by atoms with Crippen LogP contribution >= 0.6 is 22.6 Å². The number of rotatable bonds is 2. The molecule has 0 aliphatic carbocycles. The van der Waals surface area contributed by atoms with Gasteiger partial charge in [0.15, 0.2) is 0 Å². The average molecular weight is 326 g/mol. The molecule has 2 aromatic rings. The number of pyridine rings is 1. The van der Waals surface area contributed by atoms with Crippen LogP contribution in [0.5, 0.6) is 0 Å². The van der Waals surface area contributed by atoms with Crippen molar-refractivity contribution in [1.82, 2.24) is 4.98 Å². The van der Waals surface area contributed by atoms with Crippen molar-refractivity contribution >= 4 is 39.2 Å². The van der Waals surface area contributed by atoms with Crippen LogP contribution in [0.3, 0.4) is 0 Å². The van der Waals surface area contributed by atoms with Gasteiger partial charge in [-0.25, -0.2) is 0 Å². The van der Waals surface area contributed by atoms with Gasteiger partial charge >= 0.3 is 0 Å². The summed E-state index contributed by atoms with van der Waals surface area (Å²) in [6, 6.07) is 8.42. The summed E-state index contributed by atoms with van der Waals surface area (Å²) in [6.07, 6.45) is 0. The third kappa shape index (κ3) is 2.00. The quantitative estimate of drug-likeness (QED) is 0.844. The summed E-state index contributed by atoms with van der Waals surface area (Å²) in [7, 11) is 1.96. The number of fused-ring (bicyclic) bond motifs is 1. The first-order valence-electron chi connectivity index (χ1n) is 5.40. The van der Waals surface area contributed by atoms with Crippen molar-refractivity contribution in [3.05, 3.63) is 33.5 Å². The molecule has 0 aliphatic rings. The Hall–Kier alpha value is -0.840. The van der Waals surface area contributed by atoms with Crippen LogP contribution in [0.15, 0.2) is 24.3 Å². The summed E-state index contributed by atoms with van der Waals surface area (Å²) in [5, 5.41) is 4.44. The molecule has 84 valence electrons. The van der Waals surface area contributed by atoms with Gasteiger partial charge < -0.3 is 5.32 Å². The van der Waals surface area contributed by atoms with E-state index in [1.54, 1.807) is 0 Å². The van der Waals surface area contributed by atoms with E-state index in [0.29, 0.717) is 5.92 Å². The van der Waals surface area contributed by atoms with Gasteiger partial charge in [-0.05, 0) is 40.6 Å². The monoisotopic (exact) mass is 326 g/mol. The van der Waals surface area contributed by atoms with Gasteiger partial charge in [0.2, 0.25) is 0 Å². The predicted molar refractivity (Wildman–Crippen MR) is 78.1 cm³/mol. The highest BCUT2D eigenvalue weighted by molar-refractivity contribution is 14.1. The zero-order valence-corrected chi connectivity index (χ0v) is 11.9. The summed E-state index contributed by atoms with van der Waals surface area (Å²) >= 11 is 2.34. The second kappa shape index (κ2) is 4.57. The topological polar surface area (TPSA) is 24.9 Å². The zero-order chi connectivity index (χ0) is 11.7. The summed E-state index contributed by atoms with van der Waals surface area (Å²) in [5.74, 6) is 0.451. The summed E-state index contributed by atoms with van der Waals surface area (Å²) in [4.78, 5) is 4.74. The number of nitrogens with one attached hydrogen (secondary N) is 1. The minimum atomic E-state index is 0.451. The fraction of sp³-hybridized carbons (Fsp3) is 0.308. The Kier molecular flexibility index (Phi) is 3.33. The Morgan fingerprint density at radius 1 is 1.31 bits per heavy atom. The van der Waals surface area contributed by atoms with Crippen molar-refractivity contribution in [1.29, 1.82) is 0 Å². The first kappa shape index (κ1) is 11.6. The van der Waals surface area contributed by atoms with Gasteiger partial charge in [0.1, 0.15) is 0 Å². The van der Waals surface area contributed by atoms with Gasteiger partial charge in [0.05, 0.1) is 5.52 Å². The molecule has 0 saturated heterocycles. The van der Waals surface area contributed by atoms with Gasteiger partial charge in [-0.15, -0.1) is 0 Å². The molecule has 0 atom stereocenters. The van der Waals surface area contributed by atoms with E-state index in [1.165, 1.54) is 8.96 Å². The van der Waals surface area contributed by atoms with Gasteiger partial charge in [-0.2, -0.15) is 0 Å². The van der Waals surface area contributed by atoms with E-state index in [-0.39, 0.29) is 0 Å². The molecule has 0 saturated carbocycles. The minimum Gasteiger partial charge on any atom is -0.388 e. The van der Waals surface area contributed by atoms with E-state index < -0.39 is 0 Å². The fourth-order valence-corrected chi connectivity index (χ4v) is 2.35. The number of anilines is 1. The van der Waals surface area contributed by atoms with Crippen LogP contribution in [0.1, 0.15) is 25.5 Å². The normalized spacial score (nSPS) is 11.1. The zero-order valence-electron chi connectivity index (χ0n) is 9.71. The third-order valence-electron chi connectivity index (χ3n) is 2.67. The van der Waals surface area contributed by atoms with Crippen LogP contribution in [0.2, 0.25) is 0 Å². The van der Waals surface area contributed by atoms with Gasteiger partial charge in [-0.3, -0.25) is 4.98 Å². The van der Waals surface area contributed by atoms with E-state index in [9.17, 15) is 0 Å². The molecule has 0 fully saturated rings. The Morgan fingerprint density at radius 2 is 2.06 bits per heavy atom. The van der Waals surface area contributed by atoms with Crippen LogP contribution < -0.4 is 5.32 Å². The molecule has 0 spiro atoms. The lowest BCUT2D eigenvalue weighted by atomic mass is 10.1. The second-order valence-electron chi connectivity index (χ2n) is 4.14. The smallest absolute Gasteiger partial charge is 0.0859 e. The first-order chi connectivity index (χ1) is 7.63. The van der Waals surface area contributed by atoms with Crippen molar-refractivity contribution in [2.24, 2.45) is 0 Å². The maximum Gasteiger partial charge on any atom is 0.0859 e. The van der Waals surface area contributed by atoms with Crippen LogP contribution in [0.25, 0.3) is 10.9 Å². The molecule has 16 heavy (non-hydrogen) atoms. The Labute approximate surface area is 110 Å². The lowest BCUT2D eigenvalue weighted by Gasteiger charge is -2.12. The first-order valence-corrected chi connectivity index (χ1v) is 6.48. The Morgan fingerprint density at radius 3 is 2.69 bits per heavy atom. The molecule has 2 nitrogen and oxygen atoms in total. The molecule has 3 heteroatoms. The molecule has 0 aliphatic heterocycles. The van der Waals surface area contributed by atoms with Gasteiger partial charge in [0, 0.05) is 27.4 Å². The standard InChI is InChI=1S/C13H15IN2/c1-8(2)11-7-12(15-3)9-5-4-6-10(14)13(9)16-11/h4-8H,1-3H3,(H,15,16). The maximum absolute atomic E-state index is 4.74. The molecular weight excluding hydrogens is 311 g/mol. The minimum absolute atomic E-state index is 0.451. The lowest BCUT2D eigenvalue weighted by molar-refractivity contribution is 0.830. The van der Waals surface area contributed by atoms with Crippen molar-refractivity contribution in [3.8, 4) is 0 Å². The van der Waals surface area contributed by atoms with Crippen LogP contribution in [0.4, 0.5) is 5.69 Å². The molecule has 0 amide bonds. The fourth-order valence-electron chi connectivity index (χ4n) is 1.74. The van der Waals surface area contributed by atoms with Crippen LogP contribution in [-0.4, -0.2) is 12.0 Å². The molecule has 0 bridgehead atoms. The van der Waals surface area contributed by atoms with Crippen molar-refractivity contribution in [3.63, 3.8) is 0 Å². The molecule has 1 aromatic heterocycles. The van der Waals surface area contributed by atoms with E-state index in [0.717, 1.165) is 16.9 Å². The summed E-state index contributed by atoms with van der Waals surface area (Å²) < 4.78 is 1.20. The van der Waals surface area contributed by atoms with Crippen LogP contribution in [-0.2, 0) is 0 Å². The average Bonchev–Trinajstić information content (AvgIpc) is 2.28. The van der Waals surface area contributed by atoms with Crippen molar-refractivity contribution in [2.45, 2.75) is 19.8 Å². The van der Waals surface area contributed by atoms with E-state index >= 15 is 0 Å². The highest BCUT2D eigenvalue weighted by atomic mass is 127. The summed E-state index contributed by atoms with van der Waals surface area (Å²) in [5.41, 5.74) is 3.40. The molecule has 1 aromatic carbocycles. The number of halogens is 1. The predicted octanol–water partition coefficient (Wildman–Crippen LogP) is 4.00. The maximum atomic E-state index is 4.74. The molecule has 0 radical (unpaired) electrons. The second-order valence-corrected chi connectivity index (χ2v) is 5.30. The van der Waals surface area contributed by atoms with E-state index in [1.807, 2.05) is 7.05 Å². The molecule has 0 unspecified atom stereocenters. The largest absolute Gasteiger partial charge is 0.388 e. The van der Waals surface area contributed by atoms with Gasteiger partial charge in [-0.1, -0.05) is 26.0 Å². The van der Waals surface area contributed by atoms with Crippen LogP contribution in [0, 0.1) is 3.57 Å². The number of aromatic nitrogens is 1. The molecule has 1 N–H and O–H groups in total. The molecule has 1 heterocycles. The highest BCUT2D eigenvalue weighted by Gasteiger charge is 2.09. The number of para-hydroxylation sites is 1. The molecule has 2 rings (SSSR count). The summed E-state index contributed by atoms with van der Waals surface area (Å²) in [6.45, 7) is 4.34. The van der Waals surface area contributed by atoms with Gasteiger partial charge in [0.25, 0.3) is 0 Å². The Balaban J connectivity index is 2.79. The molecular formula is C13H15IN2. The Bertz CT molecular complexity index is 521.